The highest BCUT2D eigenvalue weighted by molar-refractivity contribution is 5.94. The van der Waals surface area contributed by atoms with Crippen LogP contribution in [-0.2, 0) is 14.4 Å². The number of alkyl halides is 9. The summed E-state index contributed by atoms with van der Waals surface area (Å²) < 4.78 is 97.2. The number of fused-ring (bicyclic) bond motifs is 1. The zero-order valence-electron chi connectivity index (χ0n) is 27.5. The van der Waals surface area contributed by atoms with Crippen LogP contribution in [0.25, 0.3) is 5.65 Å². The van der Waals surface area contributed by atoms with Crippen molar-refractivity contribution in [3.63, 3.8) is 0 Å². The maximum Gasteiger partial charge on any atom is 0.490 e. The first-order valence-electron chi connectivity index (χ1n) is 15.1. The fraction of sp³-hybridized carbons (Fsp3) is 0.643. The molecule has 0 radical (unpaired) electrons. The van der Waals surface area contributed by atoms with Crippen molar-refractivity contribution in [2.45, 2.75) is 51.3 Å². The van der Waals surface area contributed by atoms with Crippen LogP contribution in [-0.4, -0.2) is 146 Å². The third kappa shape index (κ3) is 16.1. The van der Waals surface area contributed by atoms with Gasteiger partial charge in [0, 0.05) is 45.5 Å². The SMILES string of the molecule is CCN(CC)CCNC(=O)c1ccc2nnc(C3CN(CC4CC4)CCN3C)n2c1.O=C(O)C(F)(F)F.O=C(O)C(F)(F)F.O=C(O)C(F)(F)F. The van der Waals surface area contributed by atoms with E-state index < -0.39 is 36.4 Å². The lowest BCUT2D eigenvalue weighted by atomic mass is 10.1. The summed E-state index contributed by atoms with van der Waals surface area (Å²) in [5.41, 5.74) is 1.44. The molecule has 1 aliphatic heterocycles. The van der Waals surface area contributed by atoms with Crippen molar-refractivity contribution in [3.8, 4) is 0 Å². The minimum absolute atomic E-state index is 0.0453. The van der Waals surface area contributed by atoms with Crippen LogP contribution in [0, 0.1) is 5.92 Å². The Morgan fingerprint density at radius 1 is 0.843 bits per heavy atom. The smallest absolute Gasteiger partial charge is 0.475 e. The van der Waals surface area contributed by atoms with E-state index in [-0.39, 0.29) is 11.9 Å². The van der Waals surface area contributed by atoms with Gasteiger partial charge in [-0.25, -0.2) is 14.4 Å². The molecule has 1 aliphatic carbocycles. The summed E-state index contributed by atoms with van der Waals surface area (Å²) in [6, 6.07) is 3.92. The van der Waals surface area contributed by atoms with Crippen LogP contribution >= 0.6 is 0 Å². The number of amides is 1. The Morgan fingerprint density at radius 3 is 1.76 bits per heavy atom. The summed E-state index contributed by atoms with van der Waals surface area (Å²) in [7, 11) is 2.16. The number of likely N-dealkylation sites (N-methyl/N-ethyl adjacent to an activating group) is 2. The predicted octanol–water partition coefficient (Wildman–Crippen LogP) is 3.40. The second-order valence-corrected chi connectivity index (χ2v) is 11.1. The van der Waals surface area contributed by atoms with Gasteiger partial charge in [0.2, 0.25) is 0 Å². The molecule has 2 fully saturated rings. The summed E-state index contributed by atoms with van der Waals surface area (Å²) in [5.74, 6) is -6.51. The fourth-order valence-corrected chi connectivity index (χ4v) is 4.28. The molecule has 0 spiro atoms. The molecule has 14 nitrogen and oxygen atoms in total. The van der Waals surface area contributed by atoms with E-state index in [1.165, 1.54) is 19.4 Å². The lowest BCUT2D eigenvalue weighted by Crippen LogP contribution is -2.47. The number of carboxylic acid groups (broad SMARTS) is 3. The quantitative estimate of drug-likeness (QED) is 0.275. The van der Waals surface area contributed by atoms with Crippen LogP contribution in [0.1, 0.15) is 48.9 Å². The second kappa shape index (κ2) is 19.4. The van der Waals surface area contributed by atoms with Gasteiger partial charge in [0.15, 0.2) is 11.5 Å². The maximum atomic E-state index is 12.7. The van der Waals surface area contributed by atoms with Crippen molar-refractivity contribution in [2.24, 2.45) is 5.92 Å². The number of aliphatic carboxylic acids is 3. The molecule has 1 amide bonds. The molecule has 0 bridgehead atoms. The summed E-state index contributed by atoms with van der Waals surface area (Å²) in [4.78, 5) is 46.6. The van der Waals surface area contributed by atoms with Gasteiger partial charge in [0.25, 0.3) is 5.91 Å². The van der Waals surface area contributed by atoms with Crippen LogP contribution in [0.5, 0.6) is 0 Å². The van der Waals surface area contributed by atoms with E-state index in [1.807, 2.05) is 22.7 Å². The third-order valence-corrected chi connectivity index (χ3v) is 7.27. The molecule has 1 saturated heterocycles. The van der Waals surface area contributed by atoms with E-state index in [9.17, 15) is 44.3 Å². The Kier molecular flexibility index (Phi) is 17.0. The molecule has 2 aliphatic rings. The molecule has 1 unspecified atom stereocenters. The van der Waals surface area contributed by atoms with E-state index in [1.54, 1.807) is 0 Å². The Bertz CT molecular complexity index is 1390. The van der Waals surface area contributed by atoms with Crippen molar-refractivity contribution >= 4 is 29.5 Å². The highest BCUT2D eigenvalue weighted by Crippen LogP contribution is 2.32. The number of carbonyl (C=O) groups excluding carboxylic acids is 1. The van der Waals surface area contributed by atoms with E-state index in [0.29, 0.717) is 12.1 Å². The number of hydrogen-bond acceptors (Lipinski definition) is 9. The zero-order valence-corrected chi connectivity index (χ0v) is 27.5. The number of nitrogens with one attached hydrogen (secondary N) is 1. The number of rotatable bonds is 9. The van der Waals surface area contributed by atoms with Gasteiger partial charge in [-0.2, -0.15) is 39.5 Å². The van der Waals surface area contributed by atoms with Gasteiger partial charge in [-0.3, -0.25) is 19.0 Å². The molecule has 23 heteroatoms. The molecule has 0 aromatic carbocycles. The number of piperazine rings is 1. The standard InChI is InChI=1S/C22H35N7O.3C2HF3O2/c1-4-27(5-2)11-10-23-22(30)18-8-9-20-24-25-21(29(20)15-18)19-16-28(13-12-26(19)3)14-17-6-7-17;3*3-2(4,5)1(6)7/h8-9,15,17,19H,4-7,10-14,16H2,1-3H3,(H,23,30);3*(H,6,7). The molecule has 3 heterocycles. The van der Waals surface area contributed by atoms with Gasteiger partial charge in [-0.15, -0.1) is 10.2 Å². The molecule has 1 saturated carbocycles. The van der Waals surface area contributed by atoms with Crippen LogP contribution in [0.3, 0.4) is 0 Å². The number of carbonyl (C=O) groups is 4. The molecule has 290 valence electrons. The average molecular weight is 756 g/mol. The molecule has 2 aromatic heterocycles. The van der Waals surface area contributed by atoms with E-state index >= 15 is 0 Å². The minimum atomic E-state index is -5.08. The third-order valence-electron chi connectivity index (χ3n) is 7.27. The molecule has 2 aromatic rings. The highest BCUT2D eigenvalue weighted by atomic mass is 19.4. The largest absolute Gasteiger partial charge is 0.490 e. The van der Waals surface area contributed by atoms with Gasteiger partial charge in [0.1, 0.15) is 0 Å². The molecule has 51 heavy (non-hydrogen) atoms. The first-order valence-corrected chi connectivity index (χ1v) is 15.1. The number of nitrogens with zero attached hydrogens (tertiary/aromatic N) is 6. The van der Waals surface area contributed by atoms with Crippen LogP contribution in [0.4, 0.5) is 39.5 Å². The summed E-state index contributed by atoms with van der Waals surface area (Å²) >= 11 is 0. The monoisotopic (exact) mass is 755 g/mol. The fourth-order valence-electron chi connectivity index (χ4n) is 4.28. The van der Waals surface area contributed by atoms with Crippen LogP contribution in [0.15, 0.2) is 18.3 Å². The average Bonchev–Trinajstić information content (AvgIpc) is 3.74. The zero-order chi connectivity index (χ0) is 39.3. The summed E-state index contributed by atoms with van der Waals surface area (Å²) in [6.45, 7) is 12.1. The topological polar surface area (TPSA) is 181 Å². The minimum Gasteiger partial charge on any atom is -0.475 e. The van der Waals surface area contributed by atoms with Crippen molar-refractivity contribution < 1.29 is 74.0 Å². The number of halogens is 9. The Hall–Kier alpha value is -4.25. The van der Waals surface area contributed by atoms with E-state index in [2.05, 4.69) is 51.1 Å². The normalized spacial score (nSPS) is 16.9. The summed E-state index contributed by atoms with van der Waals surface area (Å²) in [6.07, 6.45) is -10.6. The van der Waals surface area contributed by atoms with E-state index in [0.717, 1.165) is 56.7 Å². The number of aromatic nitrogens is 3. The number of pyridine rings is 1. The second-order valence-electron chi connectivity index (χ2n) is 11.1. The van der Waals surface area contributed by atoms with Crippen LogP contribution in [0.2, 0.25) is 0 Å². The van der Waals surface area contributed by atoms with Crippen molar-refractivity contribution in [3.05, 3.63) is 29.7 Å². The number of hydrogen-bond donors (Lipinski definition) is 4. The van der Waals surface area contributed by atoms with Gasteiger partial charge in [0.05, 0.1) is 11.6 Å². The van der Waals surface area contributed by atoms with Crippen molar-refractivity contribution in [1.82, 2.24) is 34.6 Å². The Labute approximate surface area is 284 Å². The molecular formula is C28H38F9N7O7. The molecular weight excluding hydrogens is 717 g/mol. The van der Waals surface area contributed by atoms with Crippen molar-refractivity contribution in [1.29, 1.82) is 0 Å². The predicted molar refractivity (Wildman–Crippen MR) is 159 cm³/mol. The Morgan fingerprint density at radius 2 is 1.33 bits per heavy atom. The maximum absolute atomic E-state index is 12.7. The lowest BCUT2D eigenvalue weighted by molar-refractivity contribution is -0.193. The molecule has 4 N–H and O–H groups in total. The molecule has 1 atom stereocenters. The lowest BCUT2D eigenvalue weighted by Gasteiger charge is -2.38. The Balaban J connectivity index is 0.000000505. The first-order chi connectivity index (χ1) is 23.4. The van der Waals surface area contributed by atoms with Gasteiger partial charge < -0.3 is 25.5 Å². The van der Waals surface area contributed by atoms with Crippen molar-refractivity contribution in [2.75, 3.05) is 59.4 Å². The number of carboxylic acids is 3. The highest BCUT2D eigenvalue weighted by Gasteiger charge is 2.39. The van der Waals surface area contributed by atoms with Gasteiger partial charge >= 0.3 is 36.4 Å². The van der Waals surface area contributed by atoms with Gasteiger partial charge in [-0.05, 0) is 51.0 Å². The first kappa shape index (κ1) is 44.8. The van der Waals surface area contributed by atoms with Gasteiger partial charge in [-0.1, -0.05) is 13.8 Å². The van der Waals surface area contributed by atoms with E-state index in [4.69, 9.17) is 29.7 Å². The summed E-state index contributed by atoms with van der Waals surface area (Å²) in [5, 5.41) is 33.3. The molecule has 4 rings (SSSR count). The van der Waals surface area contributed by atoms with Crippen LogP contribution < -0.4 is 5.32 Å².